The van der Waals surface area contributed by atoms with Crippen LogP contribution in [0.5, 0.6) is 0 Å². The average Bonchev–Trinajstić information content (AvgIpc) is 2.85. The molecular formula is C28H25ClF4N2O2. The van der Waals surface area contributed by atoms with Crippen LogP contribution in [0.2, 0.25) is 5.02 Å². The molecular weight excluding hydrogens is 508 g/mol. The number of alkyl halides is 3. The van der Waals surface area contributed by atoms with Gasteiger partial charge in [-0.3, -0.25) is 9.59 Å². The molecule has 4 nitrogen and oxygen atoms in total. The Balaban J connectivity index is 1.46. The summed E-state index contributed by atoms with van der Waals surface area (Å²) < 4.78 is 52.3. The third kappa shape index (κ3) is 6.13. The number of carbonyl (C=O) groups excluding carboxylic acids is 2. The van der Waals surface area contributed by atoms with Gasteiger partial charge in [-0.05, 0) is 65.4 Å². The molecule has 9 heteroatoms. The van der Waals surface area contributed by atoms with Gasteiger partial charge in [0, 0.05) is 18.7 Å². The van der Waals surface area contributed by atoms with E-state index in [4.69, 9.17) is 11.6 Å². The Morgan fingerprint density at radius 2 is 1.73 bits per heavy atom. The molecule has 0 saturated heterocycles. The Morgan fingerprint density at radius 1 is 1.03 bits per heavy atom. The molecule has 0 radical (unpaired) electrons. The number of aryl methyl sites for hydroxylation is 1. The molecule has 2 amide bonds. The van der Waals surface area contributed by atoms with E-state index in [1.807, 2.05) is 30.3 Å². The lowest BCUT2D eigenvalue weighted by Gasteiger charge is -2.30. The van der Waals surface area contributed by atoms with E-state index in [-0.39, 0.29) is 17.9 Å². The van der Waals surface area contributed by atoms with Gasteiger partial charge >= 0.3 is 6.18 Å². The van der Waals surface area contributed by atoms with Crippen molar-refractivity contribution >= 4 is 29.1 Å². The first kappa shape index (κ1) is 26.7. The molecule has 0 fully saturated rings. The maximum Gasteiger partial charge on any atom is 0.419 e. The molecule has 3 aromatic rings. The third-order valence-corrected chi connectivity index (χ3v) is 6.66. The zero-order valence-electron chi connectivity index (χ0n) is 20.1. The highest BCUT2D eigenvalue weighted by molar-refractivity contribution is 6.34. The van der Waals surface area contributed by atoms with Crippen molar-refractivity contribution in [3.63, 3.8) is 0 Å². The first-order valence-electron chi connectivity index (χ1n) is 11.9. The van der Waals surface area contributed by atoms with E-state index in [1.54, 1.807) is 11.0 Å². The van der Waals surface area contributed by atoms with Gasteiger partial charge in [0.1, 0.15) is 5.82 Å². The minimum Gasteiger partial charge on any atom is -0.334 e. The summed E-state index contributed by atoms with van der Waals surface area (Å²) in [6.45, 7) is 2.87. The highest BCUT2D eigenvalue weighted by Gasteiger charge is 2.34. The van der Waals surface area contributed by atoms with Crippen LogP contribution in [0, 0.1) is 5.82 Å². The van der Waals surface area contributed by atoms with Gasteiger partial charge in [0.2, 0.25) is 5.91 Å². The number of hydrogen-bond donors (Lipinski definition) is 1. The van der Waals surface area contributed by atoms with Crippen molar-refractivity contribution in [2.75, 3.05) is 11.9 Å². The molecule has 0 saturated carbocycles. The summed E-state index contributed by atoms with van der Waals surface area (Å²) in [5.74, 6) is -2.06. The number of amides is 2. The monoisotopic (exact) mass is 532 g/mol. The van der Waals surface area contributed by atoms with Gasteiger partial charge in [0.25, 0.3) is 5.91 Å². The minimum atomic E-state index is -4.81. The Morgan fingerprint density at radius 3 is 2.38 bits per heavy atom. The van der Waals surface area contributed by atoms with Crippen LogP contribution >= 0.6 is 11.6 Å². The van der Waals surface area contributed by atoms with Crippen LogP contribution in [-0.4, -0.2) is 23.3 Å². The first-order chi connectivity index (χ1) is 17.6. The predicted octanol–water partition coefficient (Wildman–Crippen LogP) is 6.83. The lowest BCUT2D eigenvalue weighted by molar-refractivity contribution is -0.140. The Bertz CT molecular complexity index is 1320. The van der Waals surface area contributed by atoms with Crippen LogP contribution in [0.25, 0.3) is 0 Å². The van der Waals surface area contributed by atoms with Gasteiger partial charge < -0.3 is 10.2 Å². The standard InChI is InChI=1S/C28H25ClF4N2O2/c1-2-3-17-4-7-19(8-5-17)27(37)35-13-12-21-20(16-35)9-11-23(29)26(21)34-25(36)15-18-6-10-22(24(30)14-18)28(31,32)33/h4-11,14H,2-3,12-13,15-16H2,1H3,(H,34,36). The number of rotatable bonds is 6. The number of hydrogen-bond acceptors (Lipinski definition) is 2. The van der Waals surface area contributed by atoms with E-state index in [0.29, 0.717) is 47.9 Å². The molecule has 0 aliphatic carbocycles. The second-order valence-electron chi connectivity index (χ2n) is 9.02. The van der Waals surface area contributed by atoms with Gasteiger partial charge in [0.15, 0.2) is 0 Å². The lowest BCUT2D eigenvalue weighted by Crippen LogP contribution is -2.36. The van der Waals surface area contributed by atoms with Gasteiger partial charge in [-0.25, -0.2) is 4.39 Å². The summed E-state index contributed by atoms with van der Waals surface area (Å²) in [6, 6.07) is 13.4. The molecule has 1 heterocycles. The molecule has 0 bridgehead atoms. The Kier molecular flexibility index (Phi) is 7.87. The number of anilines is 1. The van der Waals surface area contributed by atoms with Gasteiger partial charge in [0.05, 0.1) is 22.7 Å². The van der Waals surface area contributed by atoms with Crippen LogP contribution in [0.4, 0.5) is 23.2 Å². The zero-order valence-corrected chi connectivity index (χ0v) is 20.8. The quantitative estimate of drug-likeness (QED) is 0.354. The normalized spacial score (nSPS) is 13.3. The molecule has 1 aliphatic rings. The molecule has 37 heavy (non-hydrogen) atoms. The highest BCUT2D eigenvalue weighted by atomic mass is 35.5. The van der Waals surface area contributed by atoms with Gasteiger partial charge in [-0.15, -0.1) is 0 Å². The van der Waals surface area contributed by atoms with E-state index >= 15 is 0 Å². The number of halogens is 5. The number of benzene rings is 3. The molecule has 0 unspecified atom stereocenters. The molecule has 0 aromatic heterocycles. The van der Waals surface area contributed by atoms with Crippen molar-refractivity contribution in [1.82, 2.24) is 4.90 Å². The summed E-state index contributed by atoms with van der Waals surface area (Å²) in [5, 5.41) is 3.03. The second-order valence-corrected chi connectivity index (χ2v) is 9.43. The van der Waals surface area contributed by atoms with Crippen molar-refractivity contribution in [3.8, 4) is 0 Å². The lowest BCUT2D eigenvalue weighted by atomic mass is 9.96. The molecule has 4 rings (SSSR count). The third-order valence-electron chi connectivity index (χ3n) is 6.35. The van der Waals surface area contributed by atoms with Crippen molar-refractivity contribution in [1.29, 1.82) is 0 Å². The summed E-state index contributed by atoms with van der Waals surface area (Å²) in [6.07, 6.45) is -2.70. The molecule has 1 aliphatic heterocycles. The summed E-state index contributed by atoms with van der Waals surface area (Å²) in [7, 11) is 0. The SMILES string of the molecule is CCCc1ccc(C(=O)N2CCc3c(ccc(Cl)c3NC(=O)Cc3ccc(C(F)(F)F)c(F)c3)C2)cc1. The molecule has 1 N–H and O–H groups in total. The number of carbonyl (C=O) groups is 2. The topological polar surface area (TPSA) is 49.4 Å². The smallest absolute Gasteiger partial charge is 0.334 e. The number of fused-ring (bicyclic) bond motifs is 1. The summed E-state index contributed by atoms with van der Waals surface area (Å²) in [4.78, 5) is 27.5. The van der Waals surface area contributed by atoms with E-state index in [9.17, 15) is 27.2 Å². The molecule has 194 valence electrons. The fourth-order valence-electron chi connectivity index (χ4n) is 4.49. The largest absolute Gasteiger partial charge is 0.419 e. The zero-order chi connectivity index (χ0) is 26.7. The van der Waals surface area contributed by atoms with Crippen LogP contribution in [0.15, 0.2) is 54.6 Å². The van der Waals surface area contributed by atoms with Crippen LogP contribution in [0.1, 0.15) is 51.5 Å². The molecule has 0 spiro atoms. The van der Waals surface area contributed by atoms with E-state index in [0.717, 1.165) is 30.0 Å². The number of nitrogens with one attached hydrogen (secondary N) is 1. The second kappa shape index (κ2) is 10.9. The molecule has 0 atom stereocenters. The van der Waals surface area contributed by atoms with Crippen molar-refractivity contribution in [3.05, 3.63) is 98.8 Å². The highest BCUT2D eigenvalue weighted by Crippen LogP contribution is 2.34. The van der Waals surface area contributed by atoms with Crippen molar-refractivity contribution in [2.24, 2.45) is 0 Å². The van der Waals surface area contributed by atoms with Crippen LogP contribution < -0.4 is 5.32 Å². The van der Waals surface area contributed by atoms with E-state index in [1.165, 1.54) is 5.56 Å². The fourth-order valence-corrected chi connectivity index (χ4v) is 4.71. The van der Waals surface area contributed by atoms with Crippen LogP contribution in [-0.2, 0) is 36.8 Å². The van der Waals surface area contributed by atoms with Gasteiger partial charge in [-0.2, -0.15) is 13.2 Å². The Hall–Kier alpha value is -3.39. The minimum absolute atomic E-state index is 0.0847. The van der Waals surface area contributed by atoms with Crippen molar-refractivity contribution in [2.45, 2.75) is 45.3 Å². The van der Waals surface area contributed by atoms with E-state index in [2.05, 4.69) is 12.2 Å². The van der Waals surface area contributed by atoms with E-state index < -0.39 is 23.5 Å². The first-order valence-corrected chi connectivity index (χ1v) is 12.3. The van der Waals surface area contributed by atoms with Gasteiger partial charge in [-0.1, -0.05) is 49.2 Å². The Labute approximate surface area is 217 Å². The maximum atomic E-state index is 13.9. The predicted molar refractivity (Wildman–Crippen MR) is 134 cm³/mol. The fraction of sp³-hybridized carbons (Fsp3) is 0.286. The number of nitrogens with zero attached hydrogens (tertiary/aromatic N) is 1. The molecule has 3 aromatic carbocycles. The average molecular weight is 533 g/mol. The maximum absolute atomic E-state index is 13.9. The van der Waals surface area contributed by atoms with Crippen molar-refractivity contribution < 1.29 is 27.2 Å². The summed E-state index contributed by atoms with van der Waals surface area (Å²) in [5.41, 5.74) is 2.53. The summed E-state index contributed by atoms with van der Waals surface area (Å²) >= 11 is 6.36. The van der Waals surface area contributed by atoms with Crippen LogP contribution in [0.3, 0.4) is 0 Å².